The number of anilines is 1. The Hall–Kier alpha value is -3.31. The average Bonchev–Trinajstić information content (AvgIpc) is 3.15. The van der Waals surface area contributed by atoms with Gasteiger partial charge >= 0.3 is 0 Å². The Balaban J connectivity index is 1.36. The van der Waals surface area contributed by atoms with Crippen LogP contribution < -0.4 is 10.1 Å². The van der Waals surface area contributed by atoms with Gasteiger partial charge in [0, 0.05) is 16.3 Å². The molecule has 0 aliphatic heterocycles. The molecule has 0 saturated heterocycles. The molecule has 0 atom stereocenters. The molecule has 3 aromatic carbocycles. The predicted molar refractivity (Wildman–Crippen MR) is 131 cm³/mol. The summed E-state index contributed by atoms with van der Waals surface area (Å²) in [7, 11) is 0. The number of H-pyrrole nitrogens is 1. The Bertz CT molecular complexity index is 1210. The van der Waals surface area contributed by atoms with E-state index in [2.05, 4.69) is 36.1 Å². The minimum absolute atomic E-state index is 0.0553. The van der Waals surface area contributed by atoms with Crippen LogP contribution in [0.5, 0.6) is 5.75 Å². The molecule has 164 valence electrons. The van der Waals surface area contributed by atoms with Crippen LogP contribution in [0.25, 0.3) is 22.4 Å². The van der Waals surface area contributed by atoms with E-state index < -0.39 is 0 Å². The minimum atomic E-state index is -0.216. The highest BCUT2D eigenvalue weighted by Gasteiger charge is 2.13. The van der Waals surface area contributed by atoms with E-state index in [1.807, 2.05) is 67.6 Å². The number of benzene rings is 3. The van der Waals surface area contributed by atoms with E-state index in [1.165, 1.54) is 5.56 Å². The maximum Gasteiger partial charge on any atom is 0.262 e. The molecule has 0 unspecified atom stereocenters. The fourth-order valence-corrected chi connectivity index (χ4v) is 3.54. The van der Waals surface area contributed by atoms with Gasteiger partial charge in [0.1, 0.15) is 11.6 Å². The highest BCUT2D eigenvalue weighted by molar-refractivity contribution is 6.32. The first kappa shape index (κ1) is 21.9. The van der Waals surface area contributed by atoms with E-state index in [4.69, 9.17) is 16.3 Å². The first-order chi connectivity index (χ1) is 15.2. The fraction of sp³-hybridized carbons (Fsp3) is 0.231. The second kappa shape index (κ2) is 8.67. The predicted octanol–water partition coefficient (Wildman–Crippen LogP) is 6.51. The van der Waals surface area contributed by atoms with Crippen molar-refractivity contribution in [3.63, 3.8) is 0 Å². The number of fused-ring (bicyclic) bond motifs is 1. The summed E-state index contributed by atoms with van der Waals surface area (Å²) in [5.41, 5.74) is 5.67. The van der Waals surface area contributed by atoms with Crippen molar-refractivity contribution in [2.75, 3.05) is 11.9 Å². The zero-order chi connectivity index (χ0) is 22.9. The van der Waals surface area contributed by atoms with E-state index in [0.29, 0.717) is 16.5 Å². The van der Waals surface area contributed by atoms with Crippen molar-refractivity contribution in [2.45, 2.75) is 33.1 Å². The molecule has 6 heteroatoms. The summed E-state index contributed by atoms with van der Waals surface area (Å²) < 4.78 is 5.62. The number of aromatic amines is 1. The number of rotatable bonds is 5. The number of aromatic nitrogens is 2. The molecule has 0 bridgehead atoms. The molecule has 1 heterocycles. The SMILES string of the molecule is Cc1cc2[nH]c(-c3ccc(NC(=O)COc4ccc(C(C)(C)C)cc4)cc3)nc2cc1Cl. The molecule has 5 nitrogen and oxygen atoms in total. The molecule has 0 aliphatic carbocycles. The summed E-state index contributed by atoms with van der Waals surface area (Å²) in [6.45, 7) is 8.38. The minimum Gasteiger partial charge on any atom is -0.484 e. The molecular weight excluding hydrogens is 422 g/mol. The van der Waals surface area contributed by atoms with Crippen LogP contribution in [0.3, 0.4) is 0 Å². The number of amides is 1. The van der Waals surface area contributed by atoms with Gasteiger partial charge in [-0.05, 0) is 72.0 Å². The number of carbonyl (C=O) groups is 1. The van der Waals surface area contributed by atoms with Crippen LogP contribution in [0.15, 0.2) is 60.7 Å². The van der Waals surface area contributed by atoms with Gasteiger partial charge < -0.3 is 15.0 Å². The summed E-state index contributed by atoms with van der Waals surface area (Å²) in [6, 6.07) is 19.2. The molecule has 0 aliphatic rings. The molecule has 2 N–H and O–H groups in total. The lowest BCUT2D eigenvalue weighted by molar-refractivity contribution is -0.118. The smallest absolute Gasteiger partial charge is 0.262 e. The Kier molecular flexibility index (Phi) is 5.94. The number of nitrogens with one attached hydrogen (secondary N) is 2. The number of ether oxygens (including phenoxy) is 1. The lowest BCUT2D eigenvalue weighted by Crippen LogP contribution is -2.20. The van der Waals surface area contributed by atoms with Crippen molar-refractivity contribution >= 4 is 34.2 Å². The third-order valence-electron chi connectivity index (χ3n) is 5.29. The van der Waals surface area contributed by atoms with Gasteiger partial charge in [-0.1, -0.05) is 44.5 Å². The van der Waals surface area contributed by atoms with Gasteiger partial charge in [-0.15, -0.1) is 0 Å². The molecule has 1 aromatic heterocycles. The third-order valence-corrected chi connectivity index (χ3v) is 5.70. The van der Waals surface area contributed by atoms with Gasteiger partial charge in [-0.3, -0.25) is 4.79 Å². The van der Waals surface area contributed by atoms with Crippen molar-refractivity contribution in [1.82, 2.24) is 9.97 Å². The second-order valence-electron chi connectivity index (χ2n) is 8.89. The number of hydrogen-bond donors (Lipinski definition) is 2. The van der Waals surface area contributed by atoms with Crippen LogP contribution in [0.1, 0.15) is 31.9 Å². The van der Waals surface area contributed by atoms with Gasteiger partial charge in [-0.25, -0.2) is 4.98 Å². The van der Waals surface area contributed by atoms with Crippen LogP contribution in [0.2, 0.25) is 5.02 Å². The number of halogens is 1. The van der Waals surface area contributed by atoms with Gasteiger partial charge in [0.05, 0.1) is 11.0 Å². The zero-order valence-corrected chi connectivity index (χ0v) is 19.4. The maximum atomic E-state index is 12.3. The quantitative estimate of drug-likeness (QED) is 0.366. The molecule has 4 rings (SSSR count). The second-order valence-corrected chi connectivity index (χ2v) is 9.30. The number of nitrogens with zero attached hydrogens (tertiary/aromatic N) is 1. The van der Waals surface area contributed by atoms with E-state index in [0.717, 1.165) is 28.0 Å². The van der Waals surface area contributed by atoms with Crippen LogP contribution in [0.4, 0.5) is 5.69 Å². The van der Waals surface area contributed by atoms with Crippen LogP contribution in [0, 0.1) is 6.92 Å². The molecule has 0 saturated carbocycles. The molecule has 1 amide bonds. The van der Waals surface area contributed by atoms with Crippen molar-refractivity contribution in [1.29, 1.82) is 0 Å². The summed E-state index contributed by atoms with van der Waals surface area (Å²) in [5, 5.41) is 3.55. The van der Waals surface area contributed by atoms with Gasteiger partial charge in [0.15, 0.2) is 6.61 Å². The normalized spacial score (nSPS) is 11.5. The summed E-state index contributed by atoms with van der Waals surface area (Å²) in [5.74, 6) is 1.21. The van der Waals surface area contributed by atoms with Crippen LogP contribution >= 0.6 is 11.6 Å². The fourth-order valence-electron chi connectivity index (χ4n) is 3.38. The van der Waals surface area contributed by atoms with Gasteiger partial charge in [0.25, 0.3) is 5.91 Å². The van der Waals surface area contributed by atoms with Crippen molar-refractivity contribution in [3.8, 4) is 17.1 Å². The monoisotopic (exact) mass is 447 g/mol. The van der Waals surface area contributed by atoms with E-state index in [-0.39, 0.29) is 17.9 Å². The van der Waals surface area contributed by atoms with E-state index in [1.54, 1.807) is 0 Å². The summed E-state index contributed by atoms with van der Waals surface area (Å²) in [6.07, 6.45) is 0. The molecule has 0 radical (unpaired) electrons. The van der Waals surface area contributed by atoms with E-state index >= 15 is 0 Å². The summed E-state index contributed by atoms with van der Waals surface area (Å²) >= 11 is 6.20. The zero-order valence-electron chi connectivity index (χ0n) is 18.6. The summed E-state index contributed by atoms with van der Waals surface area (Å²) in [4.78, 5) is 20.2. The highest BCUT2D eigenvalue weighted by Crippen LogP contribution is 2.27. The number of hydrogen-bond acceptors (Lipinski definition) is 3. The first-order valence-corrected chi connectivity index (χ1v) is 10.9. The first-order valence-electron chi connectivity index (χ1n) is 10.5. The van der Waals surface area contributed by atoms with Gasteiger partial charge in [0.2, 0.25) is 0 Å². The molecule has 0 fully saturated rings. The number of aryl methyl sites for hydroxylation is 1. The van der Waals surface area contributed by atoms with Crippen molar-refractivity contribution in [2.24, 2.45) is 0 Å². The Morgan fingerprint density at radius 2 is 1.75 bits per heavy atom. The maximum absolute atomic E-state index is 12.3. The molecule has 0 spiro atoms. The van der Waals surface area contributed by atoms with Crippen LogP contribution in [-0.4, -0.2) is 22.5 Å². The van der Waals surface area contributed by atoms with Crippen molar-refractivity contribution < 1.29 is 9.53 Å². The Morgan fingerprint density at radius 3 is 2.41 bits per heavy atom. The van der Waals surface area contributed by atoms with Gasteiger partial charge in [-0.2, -0.15) is 0 Å². The highest BCUT2D eigenvalue weighted by atomic mass is 35.5. The third kappa shape index (κ3) is 4.94. The van der Waals surface area contributed by atoms with E-state index in [9.17, 15) is 4.79 Å². The number of carbonyl (C=O) groups excluding carboxylic acids is 1. The lowest BCUT2D eigenvalue weighted by atomic mass is 9.87. The average molecular weight is 448 g/mol. The lowest BCUT2D eigenvalue weighted by Gasteiger charge is -2.19. The Labute approximate surface area is 192 Å². The standard InChI is InChI=1S/C26H26ClN3O2/c1-16-13-22-23(14-21(16)27)30-25(29-22)17-5-9-19(10-6-17)28-24(31)15-32-20-11-7-18(8-12-20)26(2,3)4/h5-14H,15H2,1-4H3,(H,28,31)(H,29,30). The number of imidazole rings is 1. The molecular formula is C26H26ClN3O2. The topological polar surface area (TPSA) is 67.0 Å². The molecule has 32 heavy (non-hydrogen) atoms. The molecule has 4 aromatic rings. The largest absolute Gasteiger partial charge is 0.484 e. The Morgan fingerprint density at radius 1 is 1.06 bits per heavy atom. The van der Waals surface area contributed by atoms with Crippen molar-refractivity contribution in [3.05, 3.63) is 76.8 Å². The van der Waals surface area contributed by atoms with Crippen LogP contribution in [-0.2, 0) is 10.2 Å².